The van der Waals surface area contributed by atoms with E-state index in [1.165, 1.54) is 45.4 Å². The standard InChI is InChI=1S/C27H32O15/c1-9-19(30)22(33)24(35)26(38-9)42-25-23(34)21(32)17(8-28)41-27(25)40-15-7-13-11(6-14(15)37-3)20(31)18-12(29)4-10(36-2)5-16(18)39-13/h4-7,9,17,19,21-30,32-35H,8H2,1-3H3/t9-,17-,19+,21-,22-,23+,24-,25-,26+,27-/m1/s1. The summed E-state index contributed by atoms with van der Waals surface area (Å²) >= 11 is 0. The average Bonchev–Trinajstić information content (AvgIpc) is 2.97. The Kier molecular flexibility index (Phi) is 8.48. The van der Waals surface area contributed by atoms with E-state index in [4.69, 9.17) is 32.8 Å². The van der Waals surface area contributed by atoms with E-state index in [9.17, 15) is 40.5 Å². The maximum absolute atomic E-state index is 13.3. The topological polar surface area (TPSA) is 227 Å². The van der Waals surface area contributed by atoms with Gasteiger partial charge in [-0.15, -0.1) is 0 Å². The fraction of sp³-hybridized carbons (Fsp3) is 0.519. The van der Waals surface area contributed by atoms with Crippen molar-refractivity contribution >= 4 is 21.9 Å². The fourth-order valence-electron chi connectivity index (χ4n) is 5.01. The predicted octanol–water partition coefficient (Wildman–Crippen LogP) is -1.30. The van der Waals surface area contributed by atoms with E-state index in [1.807, 2.05) is 0 Å². The van der Waals surface area contributed by atoms with Gasteiger partial charge in [0.2, 0.25) is 11.7 Å². The van der Waals surface area contributed by atoms with Gasteiger partial charge in [0, 0.05) is 18.2 Å². The van der Waals surface area contributed by atoms with Gasteiger partial charge in [-0.3, -0.25) is 4.79 Å². The third-order valence-corrected chi connectivity index (χ3v) is 7.42. The minimum absolute atomic E-state index is 0.00628. The van der Waals surface area contributed by atoms with Crippen molar-refractivity contribution in [1.82, 2.24) is 0 Å². The molecule has 230 valence electrons. The highest BCUT2D eigenvalue weighted by molar-refractivity contribution is 5.95. The van der Waals surface area contributed by atoms with Crippen molar-refractivity contribution in [3.63, 3.8) is 0 Å². The van der Waals surface area contributed by atoms with Crippen LogP contribution in [0.1, 0.15) is 6.92 Å². The van der Waals surface area contributed by atoms with Crippen molar-refractivity contribution in [3.8, 4) is 23.0 Å². The highest BCUT2D eigenvalue weighted by Gasteiger charge is 2.51. The van der Waals surface area contributed by atoms with Crippen molar-refractivity contribution in [2.24, 2.45) is 0 Å². The lowest BCUT2D eigenvalue weighted by molar-refractivity contribution is -0.354. The van der Waals surface area contributed by atoms with Crippen molar-refractivity contribution in [2.45, 2.75) is 68.3 Å². The van der Waals surface area contributed by atoms with E-state index in [1.54, 1.807) is 0 Å². The number of hydrogen-bond acceptors (Lipinski definition) is 15. The molecule has 15 nitrogen and oxygen atoms in total. The molecule has 2 aliphatic heterocycles. The van der Waals surface area contributed by atoms with E-state index >= 15 is 0 Å². The van der Waals surface area contributed by atoms with E-state index < -0.39 is 73.4 Å². The molecule has 0 spiro atoms. The van der Waals surface area contributed by atoms with E-state index in [0.717, 1.165) is 0 Å². The van der Waals surface area contributed by atoms with E-state index in [-0.39, 0.29) is 44.9 Å². The Morgan fingerprint density at radius 3 is 2.21 bits per heavy atom. The molecule has 5 rings (SSSR count). The molecule has 1 aromatic heterocycles. The quantitative estimate of drug-likeness (QED) is 0.157. The molecule has 7 N–H and O–H groups in total. The van der Waals surface area contributed by atoms with Crippen molar-refractivity contribution < 1.29 is 68.6 Å². The van der Waals surface area contributed by atoms with E-state index in [0.29, 0.717) is 0 Å². The molecule has 0 amide bonds. The van der Waals surface area contributed by atoms with Gasteiger partial charge in [-0.2, -0.15) is 0 Å². The number of aliphatic hydroxyl groups excluding tert-OH is 6. The number of aromatic hydroxyl groups is 1. The van der Waals surface area contributed by atoms with Gasteiger partial charge in [0.15, 0.2) is 23.9 Å². The van der Waals surface area contributed by atoms with Crippen LogP contribution in [0, 0.1) is 0 Å². The zero-order chi connectivity index (χ0) is 30.5. The second kappa shape index (κ2) is 11.8. The first-order valence-corrected chi connectivity index (χ1v) is 13.0. The SMILES string of the molecule is COc1cc(O)c2c(=O)c3cc(OC)c(O[C@@H]4O[C@H](CO)[C@@H](O)[C@H](O)[C@H]4O[C@@H]4O[C@H](C)[C@H](O)[C@@H](O)[C@H]4O)cc3oc2c1. The Morgan fingerprint density at radius 1 is 0.810 bits per heavy atom. The van der Waals surface area contributed by atoms with Crippen LogP contribution >= 0.6 is 0 Å². The first-order chi connectivity index (χ1) is 20.0. The minimum Gasteiger partial charge on any atom is -0.507 e. The Bertz CT molecular complexity index is 1490. The minimum atomic E-state index is -1.75. The monoisotopic (exact) mass is 596 g/mol. The average molecular weight is 597 g/mol. The van der Waals surface area contributed by atoms with Gasteiger partial charge in [-0.1, -0.05) is 0 Å². The number of phenolic OH excluding ortho intramolecular Hbond substituents is 1. The van der Waals surface area contributed by atoms with Gasteiger partial charge in [-0.25, -0.2) is 0 Å². The molecule has 42 heavy (non-hydrogen) atoms. The molecule has 15 heteroatoms. The second-order valence-electron chi connectivity index (χ2n) is 10.1. The van der Waals surface area contributed by atoms with Gasteiger partial charge in [0.05, 0.1) is 32.3 Å². The normalized spacial score (nSPS) is 33.5. The van der Waals surface area contributed by atoms with Gasteiger partial charge < -0.3 is 68.6 Å². The molecule has 0 aliphatic carbocycles. The van der Waals surface area contributed by atoms with Crippen LogP contribution in [-0.4, -0.2) is 118 Å². The molecule has 0 radical (unpaired) electrons. The zero-order valence-corrected chi connectivity index (χ0v) is 22.7. The predicted molar refractivity (Wildman–Crippen MR) is 140 cm³/mol. The van der Waals surface area contributed by atoms with Crippen LogP contribution < -0.4 is 19.6 Å². The van der Waals surface area contributed by atoms with Crippen LogP contribution in [0.2, 0.25) is 0 Å². The number of benzene rings is 2. The Morgan fingerprint density at radius 2 is 1.55 bits per heavy atom. The lowest BCUT2D eigenvalue weighted by Gasteiger charge is -2.45. The summed E-state index contributed by atoms with van der Waals surface area (Å²) in [5, 5.41) is 72.1. The smallest absolute Gasteiger partial charge is 0.229 e. The number of aliphatic hydroxyl groups is 6. The number of hydrogen-bond donors (Lipinski definition) is 7. The molecule has 0 saturated carbocycles. The number of rotatable bonds is 7. The van der Waals surface area contributed by atoms with Crippen molar-refractivity contribution in [2.75, 3.05) is 20.8 Å². The molecule has 0 bridgehead atoms. The van der Waals surface area contributed by atoms with Crippen LogP contribution in [0.3, 0.4) is 0 Å². The fourth-order valence-corrected chi connectivity index (χ4v) is 5.01. The summed E-state index contributed by atoms with van der Waals surface area (Å²) in [6.45, 7) is 0.720. The highest BCUT2D eigenvalue weighted by Crippen LogP contribution is 2.38. The third-order valence-electron chi connectivity index (χ3n) is 7.42. The number of ether oxygens (including phenoxy) is 6. The summed E-state index contributed by atoms with van der Waals surface area (Å²) in [6.07, 6.45) is -15.3. The second-order valence-corrected chi connectivity index (χ2v) is 10.1. The lowest BCUT2D eigenvalue weighted by Crippen LogP contribution is -2.64. The van der Waals surface area contributed by atoms with Crippen LogP contribution in [0.5, 0.6) is 23.0 Å². The summed E-state index contributed by atoms with van der Waals surface area (Å²) in [7, 11) is 2.68. The summed E-state index contributed by atoms with van der Waals surface area (Å²) in [5.74, 6) is -0.180. The number of fused-ring (bicyclic) bond motifs is 2. The maximum Gasteiger partial charge on any atom is 0.229 e. The summed E-state index contributed by atoms with van der Waals surface area (Å²) in [4.78, 5) is 13.3. The van der Waals surface area contributed by atoms with Gasteiger partial charge >= 0.3 is 0 Å². The highest BCUT2D eigenvalue weighted by atomic mass is 16.8. The molecule has 3 heterocycles. The van der Waals surface area contributed by atoms with Gasteiger partial charge in [0.25, 0.3) is 0 Å². The van der Waals surface area contributed by atoms with E-state index in [2.05, 4.69) is 0 Å². The van der Waals surface area contributed by atoms with Crippen LogP contribution in [0.15, 0.2) is 33.5 Å². The summed E-state index contributed by atoms with van der Waals surface area (Å²) in [5.41, 5.74) is -0.531. The zero-order valence-electron chi connectivity index (χ0n) is 22.7. The lowest BCUT2D eigenvalue weighted by atomic mass is 9.97. The van der Waals surface area contributed by atoms with Gasteiger partial charge in [-0.05, 0) is 13.0 Å². The van der Waals surface area contributed by atoms with Crippen molar-refractivity contribution in [3.05, 3.63) is 34.5 Å². The molecule has 0 unspecified atom stereocenters. The first kappa shape index (κ1) is 30.2. The van der Waals surface area contributed by atoms with Crippen LogP contribution in [0.4, 0.5) is 0 Å². The largest absolute Gasteiger partial charge is 0.507 e. The molecule has 2 aromatic carbocycles. The Balaban J connectivity index is 1.54. The van der Waals surface area contributed by atoms with Crippen LogP contribution in [-0.2, 0) is 14.2 Å². The van der Waals surface area contributed by atoms with Crippen molar-refractivity contribution in [1.29, 1.82) is 0 Å². The number of phenols is 1. The molecule has 2 aliphatic rings. The molecular formula is C27H32O15. The van der Waals surface area contributed by atoms with Gasteiger partial charge in [0.1, 0.15) is 64.7 Å². The first-order valence-electron chi connectivity index (χ1n) is 13.0. The molecule has 3 aromatic rings. The maximum atomic E-state index is 13.3. The molecule has 10 atom stereocenters. The third kappa shape index (κ3) is 5.23. The molecule has 2 saturated heterocycles. The molecule has 2 fully saturated rings. The summed E-state index contributed by atoms with van der Waals surface area (Å²) in [6, 6.07) is 5.29. The Labute approximate surface area is 237 Å². The summed E-state index contributed by atoms with van der Waals surface area (Å²) < 4.78 is 39.3. The molecular weight excluding hydrogens is 564 g/mol. The number of methoxy groups -OCH3 is 2. The van der Waals surface area contributed by atoms with Crippen LogP contribution in [0.25, 0.3) is 21.9 Å². The Hall–Kier alpha value is -3.25.